The van der Waals surface area contributed by atoms with E-state index in [-0.39, 0.29) is 5.78 Å². The maximum atomic E-state index is 12.2. The van der Waals surface area contributed by atoms with Gasteiger partial charge < -0.3 is 9.47 Å². The summed E-state index contributed by atoms with van der Waals surface area (Å²) >= 11 is 0. The maximum Gasteiger partial charge on any atom is 0.185 e. The fraction of sp³-hybridized carbons (Fsp3) is 0.211. The van der Waals surface area contributed by atoms with Gasteiger partial charge in [0.2, 0.25) is 0 Å². The van der Waals surface area contributed by atoms with Gasteiger partial charge in [-0.15, -0.1) is 0 Å². The van der Waals surface area contributed by atoms with Crippen LogP contribution in [-0.4, -0.2) is 20.0 Å². The van der Waals surface area contributed by atoms with Crippen LogP contribution in [0.15, 0.2) is 43.0 Å². The highest BCUT2D eigenvalue weighted by atomic mass is 16.5. The van der Waals surface area contributed by atoms with Gasteiger partial charge in [-0.1, -0.05) is 30.3 Å². The molecular weight excluding hydrogens is 276 g/mol. The summed E-state index contributed by atoms with van der Waals surface area (Å²) in [4.78, 5) is 12.2. The smallest absolute Gasteiger partial charge is 0.185 e. The summed E-state index contributed by atoms with van der Waals surface area (Å²) in [5.74, 6) is 1.26. The number of allylic oxidation sites excluding steroid dienone is 1. The van der Waals surface area contributed by atoms with E-state index in [1.54, 1.807) is 14.2 Å². The Morgan fingerprint density at radius 3 is 2.32 bits per heavy atom. The van der Waals surface area contributed by atoms with Crippen molar-refractivity contribution in [2.45, 2.75) is 13.8 Å². The van der Waals surface area contributed by atoms with Crippen LogP contribution in [0.5, 0.6) is 11.5 Å². The van der Waals surface area contributed by atoms with Gasteiger partial charge in [-0.3, -0.25) is 4.79 Å². The van der Waals surface area contributed by atoms with Gasteiger partial charge in [0.05, 0.1) is 14.2 Å². The van der Waals surface area contributed by atoms with Crippen molar-refractivity contribution in [3.8, 4) is 22.6 Å². The molecule has 0 radical (unpaired) electrons. The first-order chi connectivity index (χ1) is 10.5. The van der Waals surface area contributed by atoms with E-state index in [2.05, 4.69) is 6.58 Å². The highest BCUT2D eigenvalue weighted by Gasteiger charge is 2.17. The van der Waals surface area contributed by atoms with Gasteiger partial charge in [-0.2, -0.15) is 0 Å². The number of hydrogen-bond acceptors (Lipinski definition) is 3. The highest BCUT2D eigenvalue weighted by molar-refractivity contribution is 6.09. The predicted octanol–water partition coefficient (Wildman–Crippen LogP) is 4.36. The predicted molar refractivity (Wildman–Crippen MR) is 89.0 cm³/mol. The SMILES string of the molecule is C=CC(=O)c1cc(C)ccc1-c1ccc(OC)c(OC)c1C. The second kappa shape index (κ2) is 6.48. The van der Waals surface area contributed by atoms with Gasteiger partial charge >= 0.3 is 0 Å². The average Bonchev–Trinajstić information content (AvgIpc) is 2.54. The second-order valence-electron chi connectivity index (χ2n) is 5.09. The van der Waals surface area contributed by atoms with E-state index in [1.807, 2.05) is 44.2 Å². The van der Waals surface area contributed by atoms with Gasteiger partial charge in [0.1, 0.15) is 0 Å². The summed E-state index contributed by atoms with van der Waals surface area (Å²) in [5.41, 5.74) is 4.43. The maximum absolute atomic E-state index is 12.2. The molecule has 0 saturated carbocycles. The molecule has 2 aromatic carbocycles. The van der Waals surface area contributed by atoms with E-state index in [4.69, 9.17) is 9.47 Å². The first-order valence-corrected chi connectivity index (χ1v) is 7.02. The molecule has 22 heavy (non-hydrogen) atoms. The quantitative estimate of drug-likeness (QED) is 0.607. The van der Waals surface area contributed by atoms with Crippen molar-refractivity contribution in [1.82, 2.24) is 0 Å². The van der Waals surface area contributed by atoms with Crippen LogP contribution in [0.25, 0.3) is 11.1 Å². The number of methoxy groups -OCH3 is 2. The molecule has 2 aromatic rings. The van der Waals surface area contributed by atoms with E-state index >= 15 is 0 Å². The van der Waals surface area contributed by atoms with Crippen LogP contribution in [0.3, 0.4) is 0 Å². The Kier molecular flexibility index (Phi) is 4.66. The van der Waals surface area contributed by atoms with Crippen molar-refractivity contribution in [2.24, 2.45) is 0 Å². The monoisotopic (exact) mass is 296 g/mol. The lowest BCUT2D eigenvalue weighted by Gasteiger charge is -2.16. The molecule has 0 bridgehead atoms. The minimum atomic E-state index is -0.0899. The van der Waals surface area contributed by atoms with E-state index < -0.39 is 0 Å². The molecule has 0 N–H and O–H groups in total. The number of hydrogen-bond donors (Lipinski definition) is 0. The van der Waals surface area contributed by atoms with E-state index in [0.29, 0.717) is 17.1 Å². The Bertz CT molecular complexity index is 730. The van der Waals surface area contributed by atoms with Crippen LogP contribution >= 0.6 is 0 Å². The Labute approximate surface area is 131 Å². The molecule has 0 unspecified atom stereocenters. The summed E-state index contributed by atoms with van der Waals surface area (Å²) in [5, 5.41) is 0. The zero-order chi connectivity index (χ0) is 16.3. The molecule has 0 heterocycles. The molecule has 0 aliphatic rings. The first kappa shape index (κ1) is 15.8. The number of carbonyl (C=O) groups is 1. The summed E-state index contributed by atoms with van der Waals surface area (Å²) in [6.07, 6.45) is 1.34. The topological polar surface area (TPSA) is 35.5 Å². The summed E-state index contributed by atoms with van der Waals surface area (Å²) in [6.45, 7) is 7.51. The molecule has 0 fully saturated rings. The third kappa shape index (κ3) is 2.75. The van der Waals surface area contributed by atoms with Crippen LogP contribution in [0.2, 0.25) is 0 Å². The van der Waals surface area contributed by atoms with E-state index in [1.165, 1.54) is 6.08 Å². The zero-order valence-corrected chi connectivity index (χ0v) is 13.4. The van der Waals surface area contributed by atoms with Gasteiger partial charge in [0, 0.05) is 11.1 Å². The lowest BCUT2D eigenvalue weighted by molar-refractivity contribution is 0.104. The summed E-state index contributed by atoms with van der Waals surface area (Å²) < 4.78 is 10.8. The normalized spacial score (nSPS) is 10.2. The van der Waals surface area contributed by atoms with Crippen LogP contribution in [-0.2, 0) is 0 Å². The molecule has 114 valence electrons. The van der Waals surface area contributed by atoms with Crippen molar-refractivity contribution < 1.29 is 14.3 Å². The van der Waals surface area contributed by atoms with Crippen molar-refractivity contribution >= 4 is 5.78 Å². The number of rotatable bonds is 5. The average molecular weight is 296 g/mol. The van der Waals surface area contributed by atoms with Crippen LogP contribution in [0.1, 0.15) is 21.5 Å². The summed E-state index contributed by atoms with van der Waals surface area (Å²) in [7, 11) is 3.22. The van der Waals surface area contributed by atoms with E-state index in [0.717, 1.165) is 22.3 Å². The van der Waals surface area contributed by atoms with Gasteiger partial charge in [-0.05, 0) is 43.2 Å². The standard InChI is InChI=1S/C19H20O3/c1-6-17(20)16-11-12(2)7-8-15(16)14-9-10-18(21-4)19(22-5)13(14)3/h6-11H,1H2,2-5H3. The Balaban J connectivity index is 2.72. The molecule has 2 rings (SSSR count). The first-order valence-electron chi connectivity index (χ1n) is 7.02. The zero-order valence-electron chi connectivity index (χ0n) is 13.4. The number of carbonyl (C=O) groups excluding carboxylic acids is 1. The molecule has 0 aliphatic carbocycles. The molecule has 3 heteroatoms. The fourth-order valence-electron chi connectivity index (χ4n) is 2.58. The Hall–Kier alpha value is -2.55. The van der Waals surface area contributed by atoms with Crippen LogP contribution in [0, 0.1) is 13.8 Å². The molecule has 0 aliphatic heterocycles. The number of benzene rings is 2. The van der Waals surface area contributed by atoms with Crippen LogP contribution < -0.4 is 9.47 Å². The number of ketones is 1. The fourth-order valence-corrected chi connectivity index (χ4v) is 2.58. The Morgan fingerprint density at radius 2 is 1.73 bits per heavy atom. The molecule has 0 atom stereocenters. The lowest BCUT2D eigenvalue weighted by Crippen LogP contribution is -2.01. The van der Waals surface area contributed by atoms with Gasteiger partial charge in [-0.25, -0.2) is 0 Å². The number of ether oxygens (including phenoxy) is 2. The van der Waals surface area contributed by atoms with Gasteiger partial charge in [0.25, 0.3) is 0 Å². The minimum absolute atomic E-state index is 0.0899. The largest absolute Gasteiger partial charge is 0.493 e. The van der Waals surface area contributed by atoms with Gasteiger partial charge in [0.15, 0.2) is 17.3 Å². The van der Waals surface area contributed by atoms with Crippen molar-refractivity contribution in [2.75, 3.05) is 14.2 Å². The third-order valence-corrected chi connectivity index (χ3v) is 3.71. The van der Waals surface area contributed by atoms with Crippen molar-refractivity contribution in [3.63, 3.8) is 0 Å². The molecule has 0 spiro atoms. The highest BCUT2D eigenvalue weighted by Crippen LogP contribution is 2.38. The second-order valence-corrected chi connectivity index (χ2v) is 5.09. The molecular formula is C19H20O3. The molecule has 3 nitrogen and oxygen atoms in total. The van der Waals surface area contributed by atoms with Crippen LogP contribution in [0.4, 0.5) is 0 Å². The van der Waals surface area contributed by atoms with E-state index in [9.17, 15) is 4.79 Å². The summed E-state index contributed by atoms with van der Waals surface area (Å²) in [6, 6.07) is 9.63. The Morgan fingerprint density at radius 1 is 1.05 bits per heavy atom. The molecule has 0 saturated heterocycles. The minimum Gasteiger partial charge on any atom is -0.493 e. The van der Waals surface area contributed by atoms with Crippen molar-refractivity contribution in [1.29, 1.82) is 0 Å². The molecule has 0 amide bonds. The van der Waals surface area contributed by atoms with Crippen molar-refractivity contribution in [3.05, 3.63) is 59.7 Å². The number of aryl methyl sites for hydroxylation is 1. The molecule has 0 aromatic heterocycles. The lowest BCUT2D eigenvalue weighted by atomic mass is 9.92. The third-order valence-electron chi connectivity index (χ3n) is 3.71.